The normalized spacial score (nSPS) is 22.0. The van der Waals surface area contributed by atoms with Gasteiger partial charge in [-0.05, 0) is 31.6 Å². The summed E-state index contributed by atoms with van der Waals surface area (Å²) in [5, 5.41) is 19.5. The average Bonchev–Trinajstić information content (AvgIpc) is 2.89. The van der Waals surface area contributed by atoms with Crippen molar-refractivity contribution in [2.45, 2.75) is 51.2 Å². The zero-order valence-electron chi connectivity index (χ0n) is 12.6. The maximum atomic E-state index is 11.6. The summed E-state index contributed by atoms with van der Waals surface area (Å²) in [5.41, 5.74) is 0. The van der Waals surface area contributed by atoms with Gasteiger partial charge in [-0.15, -0.1) is 0 Å². The van der Waals surface area contributed by atoms with Gasteiger partial charge in [0.05, 0.1) is 12.6 Å². The van der Waals surface area contributed by atoms with Gasteiger partial charge < -0.3 is 15.7 Å². The van der Waals surface area contributed by atoms with Crippen molar-refractivity contribution < 1.29 is 9.90 Å². The Bertz CT molecular complexity index is 448. The Morgan fingerprint density at radius 2 is 2.24 bits per heavy atom. The number of aliphatic hydroxyl groups is 1. The van der Waals surface area contributed by atoms with Crippen LogP contribution in [-0.2, 0) is 13.6 Å². The van der Waals surface area contributed by atoms with Gasteiger partial charge in [0.2, 0.25) is 0 Å². The molecule has 3 N–H and O–H groups in total. The predicted octanol–water partition coefficient (Wildman–Crippen LogP) is 0.946. The molecule has 1 fully saturated rings. The second-order valence-electron chi connectivity index (χ2n) is 5.70. The molecule has 21 heavy (non-hydrogen) atoms. The van der Waals surface area contributed by atoms with Crippen LogP contribution in [0.25, 0.3) is 0 Å². The molecule has 1 aromatic heterocycles. The van der Waals surface area contributed by atoms with Crippen LogP contribution in [0.5, 0.6) is 0 Å². The van der Waals surface area contributed by atoms with E-state index >= 15 is 0 Å². The van der Waals surface area contributed by atoms with Crippen molar-refractivity contribution in [1.29, 1.82) is 0 Å². The Kier molecular flexibility index (Phi) is 5.98. The molecule has 7 heteroatoms. The van der Waals surface area contributed by atoms with Crippen molar-refractivity contribution in [2.24, 2.45) is 13.0 Å². The predicted molar refractivity (Wildman–Crippen MR) is 78.4 cm³/mol. The number of aliphatic hydroxyl groups excluding tert-OH is 1. The van der Waals surface area contributed by atoms with Gasteiger partial charge in [-0.25, -0.2) is 9.78 Å². The highest BCUT2D eigenvalue weighted by molar-refractivity contribution is 5.73. The number of rotatable bonds is 6. The molecular formula is C14H25N5O2. The fourth-order valence-corrected chi connectivity index (χ4v) is 2.78. The Balaban J connectivity index is 1.54. The first-order chi connectivity index (χ1) is 10.1. The second kappa shape index (κ2) is 7.97. The molecule has 7 nitrogen and oxygen atoms in total. The van der Waals surface area contributed by atoms with E-state index < -0.39 is 0 Å². The smallest absolute Gasteiger partial charge is 0.315 e. The molecule has 2 rings (SSSR count). The van der Waals surface area contributed by atoms with Gasteiger partial charge in [0.15, 0.2) is 5.82 Å². The summed E-state index contributed by atoms with van der Waals surface area (Å²) in [7, 11) is 1.79. The van der Waals surface area contributed by atoms with Crippen LogP contribution in [0.2, 0.25) is 0 Å². The number of aryl methyl sites for hydroxylation is 1. The van der Waals surface area contributed by atoms with Gasteiger partial charge in [0.1, 0.15) is 6.33 Å². The number of carbonyl (C=O) groups is 1. The topological polar surface area (TPSA) is 92.1 Å². The van der Waals surface area contributed by atoms with Gasteiger partial charge in [0, 0.05) is 13.6 Å². The molecule has 0 bridgehead atoms. The SMILES string of the molecule is Cn1cnc(CNC(=O)NCCCC2CCCCC2O)n1. The van der Waals surface area contributed by atoms with E-state index in [2.05, 4.69) is 20.7 Å². The van der Waals surface area contributed by atoms with Gasteiger partial charge in [0.25, 0.3) is 0 Å². The van der Waals surface area contributed by atoms with E-state index in [0.29, 0.717) is 24.8 Å². The molecule has 118 valence electrons. The third-order valence-electron chi connectivity index (χ3n) is 3.96. The molecule has 2 amide bonds. The number of urea groups is 1. The van der Waals surface area contributed by atoms with Gasteiger partial charge in [-0.3, -0.25) is 4.68 Å². The van der Waals surface area contributed by atoms with E-state index in [4.69, 9.17) is 0 Å². The fraction of sp³-hybridized carbons (Fsp3) is 0.786. The largest absolute Gasteiger partial charge is 0.393 e. The van der Waals surface area contributed by atoms with Crippen LogP contribution < -0.4 is 10.6 Å². The first-order valence-electron chi connectivity index (χ1n) is 7.69. The molecular weight excluding hydrogens is 270 g/mol. The Labute approximate surface area is 125 Å². The first-order valence-corrected chi connectivity index (χ1v) is 7.69. The average molecular weight is 295 g/mol. The van der Waals surface area contributed by atoms with Crippen LogP contribution in [0.3, 0.4) is 0 Å². The summed E-state index contributed by atoms with van der Waals surface area (Å²) in [6.07, 6.45) is 7.72. The highest BCUT2D eigenvalue weighted by Crippen LogP contribution is 2.27. The van der Waals surface area contributed by atoms with E-state index in [1.165, 1.54) is 6.42 Å². The minimum Gasteiger partial charge on any atom is -0.393 e. The van der Waals surface area contributed by atoms with Crippen LogP contribution >= 0.6 is 0 Å². The lowest BCUT2D eigenvalue weighted by Gasteiger charge is -2.27. The minimum absolute atomic E-state index is 0.150. The summed E-state index contributed by atoms with van der Waals surface area (Å²) in [6.45, 7) is 0.957. The van der Waals surface area contributed by atoms with Crippen molar-refractivity contribution in [3.8, 4) is 0 Å². The monoisotopic (exact) mass is 295 g/mol. The van der Waals surface area contributed by atoms with Crippen LogP contribution in [0, 0.1) is 5.92 Å². The molecule has 0 radical (unpaired) electrons. The highest BCUT2D eigenvalue weighted by Gasteiger charge is 2.22. The van der Waals surface area contributed by atoms with E-state index in [-0.39, 0.29) is 12.1 Å². The van der Waals surface area contributed by atoms with Crippen molar-refractivity contribution in [1.82, 2.24) is 25.4 Å². The summed E-state index contributed by atoms with van der Waals surface area (Å²) in [5.74, 6) is 0.999. The number of hydrogen-bond donors (Lipinski definition) is 3. The van der Waals surface area contributed by atoms with Crippen molar-refractivity contribution in [3.05, 3.63) is 12.2 Å². The van der Waals surface area contributed by atoms with Gasteiger partial charge in [-0.1, -0.05) is 12.8 Å². The lowest BCUT2D eigenvalue weighted by atomic mass is 9.83. The van der Waals surface area contributed by atoms with E-state index in [1.807, 2.05) is 0 Å². The maximum Gasteiger partial charge on any atom is 0.315 e. The summed E-state index contributed by atoms with van der Waals surface area (Å²) < 4.78 is 1.60. The standard InChI is InChI=1S/C14H25N5O2/c1-19-10-17-13(18-19)9-16-14(21)15-8-4-6-11-5-2-3-7-12(11)20/h10-12,20H,2-9H2,1H3,(H2,15,16,21). The van der Waals surface area contributed by atoms with E-state index in [1.54, 1.807) is 18.1 Å². The van der Waals surface area contributed by atoms with E-state index in [9.17, 15) is 9.90 Å². The first kappa shape index (κ1) is 15.8. The molecule has 0 spiro atoms. The summed E-state index contributed by atoms with van der Waals surface area (Å²) in [6, 6.07) is -0.202. The molecule has 1 aromatic rings. The van der Waals surface area contributed by atoms with Crippen molar-refractivity contribution in [2.75, 3.05) is 6.54 Å². The summed E-state index contributed by atoms with van der Waals surface area (Å²) in [4.78, 5) is 15.6. The highest BCUT2D eigenvalue weighted by atomic mass is 16.3. The fourth-order valence-electron chi connectivity index (χ4n) is 2.78. The number of hydrogen-bond acceptors (Lipinski definition) is 4. The Hall–Kier alpha value is -1.63. The van der Waals surface area contributed by atoms with Crippen molar-refractivity contribution >= 4 is 6.03 Å². The molecule has 1 saturated carbocycles. The Morgan fingerprint density at radius 3 is 2.95 bits per heavy atom. The molecule has 1 aliphatic rings. The molecule has 0 aliphatic heterocycles. The number of nitrogens with one attached hydrogen (secondary N) is 2. The molecule has 2 unspecified atom stereocenters. The molecule has 1 aliphatic carbocycles. The maximum absolute atomic E-state index is 11.6. The lowest BCUT2D eigenvalue weighted by Crippen LogP contribution is -2.36. The van der Waals surface area contributed by atoms with Crippen LogP contribution in [0.15, 0.2) is 6.33 Å². The quantitative estimate of drug-likeness (QED) is 0.681. The zero-order valence-corrected chi connectivity index (χ0v) is 12.6. The van der Waals surface area contributed by atoms with Gasteiger partial charge in [-0.2, -0.15) is 5.10 Å². The van der Waals surface area contributed by atoms with Gasteiger partial charge >= 0.3 is 6.03 Å². The third-order valence-corrected chi connectivity index (χ3v) is 3.96. The van der Waals surface area contributed by atoms with Crippen molar-refractivity contribution in [3.63, 3.8) is 0 Å². The zero-order chi connectivity index (χ0) is 15.1. The van der Waals surface area contributed by atoms with Crippen LogP contribution in [0.1, 0.15) is 44.3 Å². The molecule has 0 aromatic carbocycles. The minimum atomic E-state index is -0.202. The molecule has 1 heterocycles. The lowest BCUT2D eigenvalue weighted by molar-refractivity contribution is 0.0644. The summed E-state index contributed by atoms with van der Waals surface area (Å²) >= 11 is 0. The number of carbonyl (C=O) groups excluding carboxylic acids is 1. The number of amides is 2. The number of nitrogens with zero attached hydrogens (tertiary/aromatic N) is 3. The third kappa shape index (κ3) is 5.34. The van der Waals surface area contributed by atoms with E-state index in [0.717, 1.165) is 32.1 Å². The molecule has 2 atom stereocenters. The molecule has 0 saturated heterocycles. The number of aromatic nitrogens is 3. The Morgan fingerprint density at radius 1 is 1.43 bits per heavy atom. The van der Waals surface area contributed by atoms with Crippen LogP contribution in [0.4, 0.5) is 4.79 Å². The second-order valence-corrected chi connectivity index (χ2v) is 5.70. The van der Waals surface area contributed by atoms with Crippen LogP contribution in [-0.4, -0.2) is 38.6 Å².